The zero-order chi connectivity index (χ0) is 13.6. The Kier molecular flexibility index (Phi) is 2.76. The molecule has 1 aromatic rings. The lowest BCUT2D eigenvalue weighted by Crippen LogP contribution is -2.60. The van der Waals surface area contributed by atoms with Crippen LogP contribution in [0.15, 0.2) is 30.3 Å². The van der Waals surface area contributed by atoms with Gasteiger partial charge < -0.3 is 10.6 Å². The van der Waals surface area contributed by atoms with Crippen LogP contribution in [-0.4, -0.2) is 11.6 Å². The topological polar surface area (TPSA) is 41.1 Å². The van der Waals surface area contributed by atoms with E-state index in [0.29, 0.717) is 0 Å². The lowest BCUT2D eigenvalue weighted by atomic mass is 9.53. The highest BCUT2D eigenvalue weighted by atomic mass is 16.2. The average Bonchev–Trinajstić information content (AvgIpc) is 2.37. The maximum absolute atomic E-state index is 12.3. The molecule has 0 spiro atoms. The molecular formula is C17H22N2O. The molecule has 3 nitrogen and oxygen atoms in total. The van der Waals surface area contributed by atoms with Crippen molar-refractivity contribution < 1.29 is 4.79 Å². The molecule has 5 rings (SSSR count). The molecular weight excluding hydrogens is 248 g/mol. The van der Waals surface area contributed by atoms with Gasteiger partial charge in [-0.3, -0.25) is 0 Å². The maximum atomic E-state index is 12.3. The molecule has 0 heterocycles. The predicted octanol–water partition coefficient (Wildman–Crippen LogP) is 3.78. The Balaban J connectivity index is 1.45. The maximum Gasteiger partial charge on any atom is 0.319 e. The first-order chi connectivity index (χ1) is 9.71. The monoisotopic (exact) mass is 270 g/mol. The summed E-state index contributed by atoms with van der Waals surface area (Å²) in [4.78, 5) is 12.3. The van der Waals surface area contributed by atoms with Crippen LogP contribution in [0.5, 0.6) is 0 Å². The smallest absolute Gasteiger partial charge is 0.319 e. The van der Waals surface area contributed by atoms with E-state index in [1.807, 2.05) is 30.3 Å². The standard InChI is InChI=1S/C17H22N2O/c20-16(18-15-4-2-1-3-5-15)19-17-9-12-6-13(10-17)8-14(7-12)11-17/h1-5,12-14H,6-11H2,(H2,18,19,20). The van der Waals surface area contributed by atoms with Gasteiger partial charge in [-0.15, -0.1) is 0 Å². The second-order valence-corrected chi connectivity index (χ2v) is 7.14. The minimum atomic E-state index is -0.0295. The molecule has 4 saturated carbocycles. The van der Waals surface area contributed by atoms with Crippen LogP contribution >= 0.6 is 0 Å². The Hall–Kier alpha value is -1.51. The van der Waals surface area contributed by atoms with E-state index in [9.17, 15) is 4.79 Å². The number of nitrogens with one attached hydrogen (secondary N) is 2. The van der Waals surface area contributed by atoms with Gasteiger partial charge in [-0.2, -0.15) is 0 Å². The lowest BCUT2D eigenvalue weighted by molar-refractivity contribution is -0.0127. The van der Waals surface area contributed by atoms with Gasteiger partial charge in [0.2, 0.25) is 0 Å². The average molecular weight is 270 g/mol. The van der Waals surface area contributed by atoms with Gasteiger partial charge in [0.1, 0.15) is 0 Å². The van der Waals surface area contributed by atoms with Crippen LogP contribution in [0.2, 0.25) is 0 Å². The number of rotatable bonds is 2. The molecule has 4 bridgehead atoms. The Bertz CT molecular complexity index is 476. The molecule has 4 aliphatic rings. The van der Waals surface area contributed by atoms with Gasteiger partial charge in [0.15, 0.2) is 0 Å². The summed E-state index contributed by atoms with van der Waals surface area (Å²) in [6.07, 6.45) is 7.80. The third-order valence-electron chi connectivity index (χ3n) is 5.45. The van der Waals surface area contributed by atoms with Gasteiger partial charge in [0.25, 0.3) is 0 Å². The summed E-state index contributed by atoms with van der Waals surface area (Å²) in [6, 6.07) is 9.68. The quantitative estimate of drug-likeness (QED) is 0.843. The third kappa shape index (κ3) is 2.19. The molecule has 0 aliphatic heterocycles. The first-order valence-electron chi connectivity index (χ1n) is 7.85. The van der Waals surface area contributed by atoms with Gasteiger partial charge in [0, 0.05) is 11.2 Å². The normalized spacial score (nSPS) is 37.7. The van der Waals surface area contributed by atoms with Crippen molar-refractivity contribution in [3.8, 4) is 0 Å². The zero-order valence-corrected chi connectivity index (χ0v) is 11.8. The Labute approximate surface area is 120 Å². The van der Waals surface area contributed by atoms with Crippen LogP contribution in [0.1, 0.15) is 38.5 Å². The highest BCUT2D eigenvalue weighted by molar-refractivity contribution is 5.89. The van der Waals surface area contributed by atoms with E-state index in [2.05, 4.69) is 10.6 Å². The fourth-order valence-corrected chi connectivity index (χ4v) is 5.19. The van der Waals surface area contributed by atoms with Crippen molar-refractivity contribution in [3.63, 3.8) is 0 Å². The molecule has 106 valence electrons. The highest BCUT2D eigenvalue weighted by Crippen LogP contribution is 2.55. The van der Waals surface area contributed by atoms with Gasteiger partial charge >= 0.3 is 6.03 Å². The fraction of sp³-hybridized carbons (Fsp3) is 0.588. The Morgan fingerprint density at radius 2 is 1.50 bits per heavy atom. The van der Waals surface area contributed by atoms with Crippen LogP contribution in [0.4, 0.5) is 10.5 Å². The van der Waals surface area contributed by atoms with Crippen molar-refractivity contribution in [2.75, 3.05) is 5.32 Å². The summed E-state index contributed by atoms with van der Waals surface area (Å²) in [5.74, 6) is 2.58. The molecule has 0 aromatic heterocycles. The van der Waals surface area contributed by atoms with Crippen molar-refractivity contribution in [3.05, 3.63) is 30.3 Å². The predicted molar refractivity (Wildman–Crippen MR) is 79.5 cm³/mol. The lowest BCUT2D eigenvalue weighted by Gasteiger charge is -2.56. The highest BCUT2D eigenvalue weighted by Gasteiger charge is 2.51. The van der Waals surface area contributed by atoms with E-state index in [4.69, 9.17) is 0 Å². The second kappa shape index (κ2) is 4.51. The molecule has 0 unspecified atom stereocenters. The summed E-state index contributed by atoms with van der Waals surface area (Å²) >= 11 is 0. The first kappa shape index (κ1) is 12.2. The van der Waals surface area contributed by atoms with E-state index >= 15 is 0 Å². The molecule has 2 amide bonds. The summed E-state index contributed by atoms with van der Waals surface area (Å²) in [6.45, 7) is 0. The molecule has 0 atom stereocenters. The van der Waals surface area contributed by atoms with E-state index < -0.39 is 0 Å². The van der Waals surface area contributed by atoms with E-state index in [-0.39, 0.29) is 11.6 Å². The number of hydrogen-bond donors (Lipinski definition) is 2. The number of urea groups is 1. The van der Waals surface area contributed by atoms with Gasteiger partial charge in [-0.1, -0.05) is 18.2 Å². The van der Waals surface area contributed by atoms with Crippen LogP contribution in [0, 0.1) is 17.8 Å². The van der Waals surface area contributed by atoms with E-state index in [0.717, 1.165) is 23.4 Å². The molecule has 2 N–H and O–H groups in total. The number of hydrogen-bond acceptors (Lipinski definition) is 1. The largest absolute Gasteiger partial charge is 0.332 e. The number of para-hydroxylation sites is 1. The molecule has 20 heavy (non-hydrogen) atoms. The molecule has 0 saturated heterocycles. The van der Waals surface area contributed by atoms with Gasteiger partial charge in [0.05, 0.1) is 0 Å². The minimum Gasteiger partial charge on any atom is -0.332 e. The van der Waals surface area contributed by atoms with Gasteiger partial charge in [-0.25, -0.2) is 4.79 Å². The minimum absolute atomic E-state index is 0.0295. The van der Waals surface area contributed by atoms with E-state index in [1.165, 1.54) is 38.5 Å². The number of carbonyl (C=O) groups excluding carboxylic acids is 1. The summed E-state index contributed by atoms with van der Waals surface area (Å²) < 4.78 is 0. The van der Waals surface area contributed by atoms with Crippen LogP contribution in [0.3, 0.4) is 0 Å². The first-order valence-corrected chi connectivity index (χ1v) is 7.85. The number of amides is 2. The van der Waals surface area contributed by atoms with Crippen molar-refractivity contribution >= 4 is 11.7 Å². The Morgan fingerprint density at radius 1 is 0.950 bits per heavy atom. The van der Waals surface area contributed by atoms with Crippen LogP contribution in [-0.2, 0) is 0 Å². The van der Waals surface area contributed by atoms with Crippen LogP contribution < -0.4 is 10.6 Å². The number of benzene rings is 1. The fourth-order valence-electron chi connectivity index (χ4n) is 5.19. The molecule has 4 aliphatic carbocycles. The summed E-state index contributed by atoms with van der Waals surface area (Å²) in [5, 5.41) is 6.29. The Morgan fingerprint density at radius 3 is 2.05 bits per heavy atom. The summed E-state index contributed by atoms with van der Waals surface area (Å²) in [5.41, 5.74) is 0.961. The zero-order valence-electron chi connectivity index (χ0n) is 11.8. The summed E-state index contributed by atoms with van der Waals surface area (Å²) in [7, 11) is 0. The molecule has 4 fully saturated rings. The van der Waals surface area contributed by atoms with Crippen molar-refractivity contribution in [2.24, 2.45) is 17.8 Å². The molecule has 3 heteroatoms. The van der Waals surface area contributed by atoms with Crippen molar-refractivity contribution in [1.29, 1.82) is 0 Å². The second-order valence-electron chi connectivity index (χ2n) is 7.14. The van der Waals surface area contributed by atoms with Crippen LogP contribution in [0.25, 0.3) is 0 Å². The van der Waals surface area contributed by atoms with E-state index in [1.54, 1.807) is 0 Å². The number of anilines is 1. The third-order valence-corrected chi connectivity index (χ3v) is 5.45. The van der Waals surface area contributed by atoms with Gasteiger partial charge in [-0.05, 0) is 68.4 Å². The number of carbonyl (C=O) groups is 1. The van der Waals surface area contributed by atoms with Crippen molar-refractivity contribution in [1.82, 2.24) is 5.32 Å². The SMILES string of the molecule is O=C(Nc1ccccc1)NC12CC3CC(CC(C3)C1)C2. The van der Waals surface area contributed by atoms with Crippen molar-refractivity contribution in [2.45, 2.75) is 44.1 Å². The molecule has 0 radical (unpaired) electrons. The molecule has 1 aromatic carbocycles.